The van der Waals surface area contributed by atoms with E-state index < -0.39 is 7.82 Å². The van der Waals surface area contributed by atoms with Crippen molar-refractivity contribution in [2.75, 3.05) is 7.11 Å². The van der Waals surface area contributed by atoms with Gasteiger partial charge in [0, 0.05) is 19.2 Å². The fourth-order valence-electron chi connectivity index (χ4n) is 2.27. The first-order chi connectivity index (χ1) is 9.35. The number of phosphoric acid groups is 1. The third-order valence-corrected chi connectivity index (χ3v) is 4.01. The minimum absolute atomic E-state index is 0.536. The van der Waals surface area contributed by atoms with Crippen LogP contribution >= 0.6 is 7.82 Å². The molecule has 6 nitrogen and oxygen atoms in total. The molecule has 0 bridgehead atoms. The summed E-state index contributed by atoms with van der Waals surface area (Å²) in [6, 6.07) is 1.07. The van der Waals surface area contributed by atoms with E-state index in [1.54, 1.807) is 0 Å². The lowest BCUT2D eigenvalue weighted by molar-refractivity contribution is 0.235. The maximum absolute atomic E-state index is 9.47. The van der Waals surface area contributed by atoms with E-state index in [1.807, 2.05) is 0 Å². The Morgan fingerprint density at radius 1 is 0.850 bits per heavy atom. The molecule has 0 aromatic rings. The van der Waals surface area contributed by atoms with Gasteiger partial charge in [-0.2, -0.15) is 0 Å². The Labute approximate surface area is 122 Å². The normalized spacial score (nSPS) is 21.2. The van der Waals surface area contributed by atoms with Crippen molar-refractivity contribution in [2.45, 2.75) is 76.3 Å². The Hall–Kier alpha value is 0.0300. The second-order valence-corrected chi connectivity index (χ2v) is 6.82. The summed E-state index contributed by atoms with van der Waals surface area (Å²) in [7, 11) is -3.20. The van der Waals surface area contributed by atoms with Gasteiger partial charge in [-0.15, -0.1) is 0 Å². The van der Waals surface area contributed by atoms with Gasteiger partial charge in [0.25, 0.3) is 0 Å². The van der Waals surface area contributed by atoms with Crippen molar-refractivity contribution in [2.24, 2.45) is 11.5 Å². The van der Waals surface area contributed by atoms with Crippen LogP contribution in [0.25, 0.3) is 0 Å². The van der Waals surface area contributed by atoms with E-state index in [-0.39, 0.29) is 0 Å². The molecule has 2 saturated carbocycles. The average molecular weight is 310 g/mol. The highest BCUT2D eigenvalue weighted by Gasteiger charge is 2.08. The molecule has 0 spiro atoms. The summed E-state index contributed by atoms with van der Waals surface area (Å²) in [5, 5.41) is 0. The molecule has 0 aliphatic heterocycles. The van der Waals surface area contributed by atoms with Gasteiger partial charge in [0.2, 0.25) is 0 Å². The number of phosphoric ester groups is 1. The van der Waals surface area contributed by atoms with Crippen LogP contribution in [0.1, 0.15) is 64.2 Å². The summed E-state index contributed by atoms with van der Waals surface area (Å²) in [5.41, 5.74) is 11.3. The van der Waals surface area contributed by atoms with Gasteiger partial charge in [-0.25, -0.2) is 4.57 Å². The van der Waals surface area contributed by atoms with Gasteiger partial charge in [-0.1, -0.05) is 38.5 Å². The molecule has 0 saturated heterocycles. The molecular formula is C13H31N2O4P. The molecule has 6 N–H and O–H groups in total. The Morgan fingerprint density at radius 2 is 1.10 bits per heavy atom. The summed E-state index contributed by atoms with van der Waals surface area (Å²) < 4.78 is 13.1. The fraction of sp³-hybridized carbons (Fsp3) is 1.00. The topological polar surface area (TPSA) is 119 Å². The van der Waals surface area contributed by atoms with Crippen LogP contribution in [0.15, 0.2) is 0 Å². The van der Waals surface area contributed by atoms with Crippen LogP contribution in [0.5, 0.6) is 0 Å². The number of nitrogens with two attached hydrogens (primary N) is 2. The monoisotopic (exact) mass is 310 g/mol. The molecule has 0 radical (unpaired) electrons. The molecule has 2 aliphatic carbocycles. The summed E-state index contributed by atoms with van der Waals surface area (Å²) in [5.74, 6) is 0. The highest BCUT2D eigenvalue weighted by Crippen LogP contribution is 2.33. The Morgan fingerprint density at radius 3 is 1.20 bits per heavy atom. The highest BCUT2D eigenvalue weighted by atomic mass is 31.2. The van der Waals surface area contributed by atoms with Crippen LogP contribution in [-0.2, 0) is 9.09 Å². The predicted octanol–water partition coefficient (Wildman–Crippen LogP) is 2.28. The standard InChI is InChI=1S/2C6H13N.CH5O4P/c2*7-6-4-2-1-3-5-6;1-5-6(2,3)4/h2*6H,1-5,7H2;1H3,(H2,2,3,4). The van der Waals surface area contributed by atoms with E-state index in [1.165, 1.54) is 64.2 Å². The molecule has 0 unspecified atom stereocenters. The van der Waals surface area contributed by atoms with E-state index >= 15 is 0 Å². The molecule has 0 aromatic heterocycles. The molecule has 7 heteroatoms. The molecule has 0 aromatic carbocycles. The Bertz CT molecular complexity index is 245. The van der Waals surface area contributed by atoms with Crippen molar-refractivity contribution in [3.8, 4) is 0 Å². The Balaban J connectivity index is 0.000000272. The third-order valence-electron chi connectivity index (χ3n) is 3.54. The number of hydrogen-bond acceptors (Lipinski definition) is 4. The van der Waals surface area contributed by atoms with E-state index in [9.17, 15) is 4.57 Å². The van der Waals surface area contributed by atoms with Gasteiger partial charge < -0.3 is 21.3 Å². The molecule has 2 fully saturated rings. The SMILES string of the molecule is COP(=O)(O)O.NC1CCCCC1.NC1CCCCC1. The summed E-state index contributed by atoms with van der Waals surface area (Å²) in [4.78, 5) is 15.4. The van der Waals surface area contributed by atoms with E-state index in [0.29, 0.717) is 12.1 Å². The smallest absolute Gasteiger partial charge is 0.328 e. The molecule has 20 heavy (non-hydrogen) atoms. The molecule has 2 rings (SSSR count). The van der Waals surface area contributed by atoms with Crippen LogP contribution in [0.4, 0.5) is 0 Å². The number of hydrogen-bond donors (Lipinski definition) is 4. The largest absolute Gasteiger partial charge is 0.469 e. The summed E-state index contributed by atoms with van der Waals surface area (Å²) in [6.07, 6.45) is 13.3. The highest BCUT2D eigenvalue weighted by molar-refractivity contribution is 7.46. The van der Waals surface area contributed by atoms with Crippen LogP contribution in [0.2, 0.25) is 0 Å². The van der Waals surface area contributed by atoms with Crippen LogP contribution in [0, 0.1) is 0 Å². The number of rotatable bonds is 1. The maximum Gasteiger partial charge on any atom is 0.469 e. The average Bonchev–Trinajstić information content (AvgIpc) is 2.41. The first-order valence-electron chi connectivity index (χ1n) is 7.47. The van der Waals surface area contributed by atoms with Crippen molar-refractivity contribution >= 4 is 7.82 Å². The van der Waals surface area contributed by atoms with Gasteiger partial charge in [0.1, 0.15) is 0 Å². The van der Waals surface area contributed by atoms with E-state index in [2.05, 4.69) is 4.52 Å². The van der Waals surface area contributed by atoms with Crippen LogP contribution < -0.4 is 11.5 Å². The van der Waals surface area contributed by atoms with Crippen LogP contribution in [-0.4, -0.2) is 29.0 Å². The zero-order valence-corrected chi connectivity index (χ0v) is 13.4. The van der Waals surface area contributed by atoms with Crippen molar-refractivity contribution in [1.82, 2.24) is 0 Å². The lowest BCUT2D eigenvalue weighted by atomic mass is 9.97. The maximum atomic E-state index is 9.47. The molecular weight excluding hydrogens is 279 g/mol. The molecule has 2 aliphatic rings. The second kappa shape index (κ2) is 11.7. The van der Waals surface area contributed by atoms with Gasteiger partial charge >= 0.3 is 7.82 Å². The molecule has 0 atom stereocenters. The van der Waals surface area contributed by atoms with Crippen molar-refractivity contribution < 1.29 is 18.9 Å². The van der Waals surface area contributed by atoms with Gasteiger partial charge in [0.05, 0.1) is 0 Å². The first-order valence-corrected chi connectivity index (χ1v) is 9.00. The van der Waals surface area contributed by atoms with E-state index in [4.69, 9.17) is 21.3 Å². The minimum atomic E-state index is -4.15. The van der Waals surface area contributed by atoms with E-state index in [0.717, 1.165) is 7.11 Å². The summed E-state index contributed by atoms with van der Waals surface area (Å²) in [6.45, 7) is 0. The van der Waals surface area contributed by atoms with Crippen molar-refractivity contribution in [3.05, 3.63) is 0 Å². The van der Waals surface area contributed by atoms with Gasteiger partial charge in [-0.05, 0) is 25.7 Å². The molecule has 122 valence electrons. The third kappa shape index (κ3) is 14.4. The predicted molar refractivity (Wildman–Crippen MR) is 81.2 cm³/mol. The summed E-state index contributed by atoms with van der Waals surface area (Å²) >= 11 is 0. The molecule has 0 heterocycles. The van der Waals surface area contributed by atoms with Crippen LogP contribution in [0.3, 0.4) is 0 Å². The minimum Gasteiger partial charge on any atom is -0.328 e. The van der Waals surface area contributed by atoms with Crippen molar-refractivity contribution in [3.63, 3.8) is 0 Å². The Kier molecular flexibility index (Phi) is 11.7. The lowest BCUT2D eigenvalue weighted by Gasteiger charge is -2.15. The zero-order valence-electron chi connectivity index (χ0n) is 12.5. The second-order valence-electron chi connectivity index (χ2n) is 5.47. The zero-order chi connectivity index (χ0) is 15.4. The van der Waals surface area contributed by atoms with Gasteiger partial charge in [0.15, 0.2) is 0 Å². The lowest BCUT2D eigenvalue weighted by Crippen LogP contribution is -2.22. The fourth-order valence-corrected chi connectivity index (χ4v) is 2.27. The quantitative estimate of drug-likeness (QED) is 0.552. The van der Waals surface area contributed by atoms with Crippen molar-refractivity contribution in [1.29, 1.82) is 0 Å². The van der Waals surface area contributed by atoms with Gasteiger partial charge in [-0.3, -0.25) is 4.52 Å². The first kappa shape index (κ1) is 20.0. The molecule has 0 amide bonds.